The van der Waals surface area contributed by atoms with E-state index in [-0.39, 0.29) is 30.6 Å². The fourth-order valence-corrected chi connectivity index (χ4v) is 4.96. The molecular formula is C32H38N4O6. The lowest BCUT2D eigenvalue weighted by molar-refractivity contribution is -0.142. The summed E-state index contributed by atoms with van der Waals surface area (Å²) in [6.07, 6.45) is -0.437. The predicted octanol–water partition coefficient (Wildman–Crippen LogP) is 4.62. The van der Waals surface area contributed by atoms with Gasteiger partial charge in [-0.3, -0.25) is 14.4 Å². The van der Waals surface area contributed by atoms with Crippen molar-refractivity contribution in [2.24, 2.45) is 11.7 Å². The van der Waals surface area contributed by atoms with E-state index >= 15 is 0 Å². The number of carbonyl (C=O) groups is 4. The van der Waals surface area contributed by atoms with Crippen molar-refractivity contribution in [2.75, 3.05) is 5.32 Å². The van der Waals surface area contributed by atoms with Gasteiger partial charge in [0.2, 0.25) is 11.8 Å². The molecule has 42 heavy (non-hydrogen) atoms. The number of phenolic OH excluding ortho intramolecular Hbond substituents is 1. The van der Waals surface area contributed by atoms with Crippen LogP contribution < -0.4 is 16.4 Å². The summed E-state index contributed by atoms with van der Waals surface area (Å²) in [6, 6.07) is 16.8. The van der Waals surface area contributed by atoms with Crippen LogP contribution in [-0.4, -0.2) is 51.5 Å². The van der Waals surface area contributed by atoms with Crippen LogP contribution in [0.15, 0.2) is 66.7 Å². The third-order valence-corrected chi connectivity index (χ3v) is 7.08. The van der Waals surface area contributed by atoms with Crippen LogP contribution in [0.1, 0.15) is 58.6 Å². The molecule has 0 radical (unpaired) electrons. The van der Waals surface area contributed by atoms with E-state index in [2.05, 4.69) is 10.6 Å². The first kappa shape index (κ1) is 30.4. The third kappa shape index (κ3) is 7.78. The van der Waals surface area contributed by atoms with E-state index in [0.717, 1.165) is 10.8 Å². The number of benzene rings is 3. The molecule has 0 aliphatic heterocycles. The minimum atomic E-state index is -1.19. The molecule has 0 aromatic heterocycles. The van der Waals surface area contributed by atoms with Gasteiger partial charge in [-0.15, -0.1) is 0 Å². The lowest BCUT2D eigenvalue weighted by atomic mass is 10.0. The highest BCUT2D eigenvalue weighted by molar-refractivity contribution is 6.00. The fourth-order valence-electron chi connectivity index (χ4n) is 4.96. The zero-order valence-corrected chi connectivity index (χ0v) is 24.3. The number of nitrogens with two attached hydrogens (primary N) is 1. The molecule has 1 fully saturated rings. The minimum Gasteiger partial charge on any atom is -0.508 e. The Morgan fingerprint density at radius 1 is 1.02 bits per heavy atom. The molecule has 3 aromatic rings. The molecule has 222 valence electrons. The standard InChI is InChI=1S/C32H38N4O6/c1-19-16-26(19)36(30(40)25(14-15-27(33)38)35-31(41)42-32(2,3)4)28(22-10-7-11-24(37)18-22)29(39)34-23-13-12-20-8-5-6-9-21(20)17-23/h5-13,17-19,25-26,28,37H,14-16H2,1-4H3,(H2,33,38)(H,34,39)(H,35,41). The average molecular weight is 575 g/mol. The van der Waals surface area contributed by atoms with Crippen LogP contribution in [0, 0.1) is 5.92 Å². The van der Waals surface area contributed by atoms with Crippen LogP contribution in [0.4, 0.5) is 10.5 Å². The van der Waals surface area contributed by atoms with Gasteiger partial charge in [-0.25, -0.2) is 4.79 Å². The maximum atomic E-state index is 14.3. The number of amides is 4. The van der Waals surface area contributed by atoms with Gasteiger partial charge in [-0.1, -0.05) is 49.4 Å². The first-order valence-electron chi connectivity index (χ1n) is 14.0. The average Bonchev–Trinajstić information content (AvgIpc) is 3.63. The van der Waals surface area contributed by atoms with Crippen LogP contribution >= 0.6 is 0 Å². The summed E-state index contributed by atoms with van der Waals surface area (Å²) in [7, 11) is 0. The van der Waals surface area contributed by atoms with Crippen LogP contribution in [-0.2, 0) is 19.1 Å². The maximum absolute atomic E-state index is 14.3. The second-order valence-electron chi connectivity index (χ2n) is 11.8. The molecule has 0 spiro atoms. The number of hydrogen-bond acceptors (Lipinski definition) is 6. The van der Waals surface area contributed by atoms with E-state index in [0.29, 0.717) is 17.7 Å². The lowest BCUT2D eigenvalue weighted by Crippen LogP contribution is -2.53. The van der Waals surface area contributed by atoms with Crippen LogP contribution in [0.5, 0.6) is 5.75 Å². The van der Waals surface area contributed by atoms with Gasteiger partial charge in [-0.2, -0.15) is 0 Å². The van der Waals surface area contributed by atoms with Crippen LogP contribution in [0.3, 0.4) is 0 Å². The van der Waals surface area contributed by atoms with Gasteiger partial charge in [-0.05, 0) is 80.1 Å². The Morgan fingerprint density at radius 2 is 1.71 bits per heavy atom. The number of phenols is 1. The topological polar surface area (TPSA) is 151 Å². The SMILES string of the molecule is CC1CC1N(C(=O)C(CCC(N)=O)NC(=O)OC(C)(C)C)C(C(=O)Nc1ccc2ccccc2c1)c1cccc(O)c1. The zero-order valence-electron chi connectivity index (χ0n) is 24.3. The molecule has 4 unspecified atom stereocenters. The Bertz CT molecular complexity index is 1480. The first-order valence-corrected chi connectivity index (χ1v) is 14.0. The Morgan fingerprint density at radius 3 is 2.33 bits per heavy atom. The number of carbonyl (C=O) groups excluding carboxylic acids is 4. The molecule has 1 aliphatic rings. The number of hydrogen-bond donors (Lipinski definition) is 4. The van der Waals surface area contributed by atoms with Gasteiger partial charge in [0.1, 0.15) is 23.4 Å². The minimum absolute atomic E-state index is 0.0654. The predicted molar refractivity (Wildman–Crippen MR) is 159 cm³/mol. The summed E-state index contributed by atoms with van der Waals surface area (Å²) >= 11 is 0. The van der Waals surface area contributed by atoms with Crippen molar-refractivity contribution in [1.82, 2.24) is 10.2 Å². The molecule has 3 aromatic carbocycles. The van der Waals surface area contributed by atoms with Crippen LogP contribution in [0.25, 0.3) is 10.8 Å². The van der Waals surface area contributed by atoms with Crippen molar-refractivity contribution >= 4 is 40.3 Å². The summed E-state index contributed by atoms with van der Waals surface area (Å²) in [5.74, 6) is -1.67. The Labute approximate surface area is 245 Å². The second-order valence-corrected chi connectivity index (χ2v) is 11.8. The molecule has 4 amide bonds. The molecule has 0 saturated heterocycles. The van der Waals surface area contributed by atoms with Gasteiger partial charge in [0.25, 0.3) is 5.91 Å². The summed E-state index contributed by atoms with van der Waals surface area (Å²) in [6.45, 7) is 7.05. The molecule has 0 bridgehead atoms. The number of primary amides is 1. The highest BCUT2D eigenvalue weighted by atomic mass is 16.6. The van der Waals surface area contributed by atoms with Crippen molar-refractivity contribution < 1.29 is 29.0 Å². The molecule has 10 nitrogen and oxygen atoms in total. The number of anilines is 1. The molecule has 4 rings (SSSR count). The third-order valence-electron chi connectivity index (χ3n) is 7.08. The number of aromatic hydroxyl groups is 1. The Balaban J connectivity index is 1.72. The van der Waals surface area contributed by atoms with Gasteiger partial charge < -0.3 is 31.1 Å². The molecule has 5 N–H and O–H groups in total. The van der Waals surface area contributed by atoms with Crippen molar-refractivity contribution in [1.29, 1.82) is 0 Å². The van der Waals surface area contributed by atoms with Gasteiger partial charge in [0, 0.05) is 18.2 Å². The maximum Gasteiger partial charge on any atom is 0.408 e. The highest BCUT2D eigenvalue weighted by Crippen LogP contribution is 2.41. The Hall–Kier alpha value is -4.60. The molecular weight excluding hydrogens is 536 g/mol. The van der Waals surface area contributed by atoms with Crippen LogP contribution in [0.2, 0.25) is 0 Å². The number of rotatable bonds is 10. The second kappa shape index (κ2) is 12.5. The van der Waals surface area contributed by atoms with E-state index in [1.165, 1.54) is 17.0 Å². The quantitative estimate of drug-likeness (QED) is 0.277. The monoisotopic (exact) mass is 574 g/mol. The van der Waals surface area contributed by atoms with Crippen molar-refractivity contribution in [2.45, 2.75) is 70.7 Å². The lowest BCUT2D eigenvalue weighted by Gasteiger charge is -2.35. The summed E-state index contributed by atoms with van der Waals surface area (Å²) in [5, 5.41) is 17.8. The van der Waals surface area contributed by atoms with Gasteiger partial charge in [0.15, 0.2) is 0 Å². The van der Waals surface area contributed by atoms with E-state index < -0.39 is 41.5 Å². The first-order chi connectivity index (χ1) is 19.8. The number of alkyl carbamates (subject to hydrolysis) is 1. The van der Waals surface area contributed by atoms with Gasteiger partial charge >= 0.3 is 6.09 Å². The summed E-state index contributed by atoms with van der Waals surface area (Å²) in [4.78, 5) is 54.2. The van der Waals surface area contributed by atoms with Crippen molar-refractivity contribution in [3.8, 4) is 5.75 Å². The van der Waals surface area contributed by atoms with E-state index in [4.69, 9.17) is 10.5 Å². The fraction of sp³-hybridized carbons (Fsp3) is 0.375. The smallest absolute Gasteiger partial charge is 0.408 e. The number of nitrogens with zero attached hydrogens (tertiary/aromatic N) is 1. The molecule has 4 atom stereocenters. The zero-order chi connectivity index (χ0) is 30.6. The van der Waals surface area contributed by atoms with E-state index in [1.807, 2.05) is 43.3 Å². The number of fused-ring (bicyclic) bond motifs is 1. The summed E-state index contributed by atoms with van der Waals surface area (Å²) in [5.41, 5.74) is 5.50. The van der Waals surface area contributed by atoms with Crippen molar-refractivity contribution in [3.05, 3.63) is 72.3 Å². The number of nitrogens with one attached hydrogen (secondary N) is 2. The molecule has 10 heteroatoms. The highest BCUT2D eigenvalue weighted by Gasteiger charge is 2.48. The molecule has 1 saturated carbocycles. The van der Waals surface area contributed by atoms with E-state index in [9.17, 15) is 24.3 Å². The summed E-state index contributed by atoms with van der Waals surface area (Å²) < 4.78 is 5.38. The van der Waals surface area contributed by atoms with Crippen molar-refractivity contribution in [3.63, 3.8) is 0 Å². The Kier molecular flexibility index (Phi) is 9.04. The largest absolute Gasteiger partial charge is 0.508 e. The van der Waals surface area contributed by atoms with Gasteiger partial charge in [0.05, 0.1) is 0 Å². The number of ether oxygens (including phenoxy) is 1. The molecule has 1 aliphatic carbocycles. The normalized spacial score (nSPS) is 17.5. The van der Waals surface area contributed by atoms with E-state index in [1.54, 1.807) is 39.0 Å². The molecule has 0 heterocycles.